The van der Waals surface area contributed by atoms with Crippen molar-refractivity contribution in [2.75, 3.05) is 5.75 Å². The van der Waals surface area contributed by atoms with Crippen LogP contribution in [0.25, 0.3) is 0 Å². The summed E-state index contributed by atoms with van der Waals surface area (Å²) in [6.07, 6.45) is -5.96. The van der Waals surface area contributed by atoms with Crippen molar-refractivity contribution in [1.82, 2.24) is 10.6 Å². The van der Waals surface area contributed by atoms with E-state index in [0.717, 1.165) is 6.92 Å². The number of amides is 2. The third-order valence-electron chi connectivity index (χ3n) is 3.99. The lowest BCUT2D eigenvalue weighted by Gasteiger charge is -2.31. The molecule has 1 fully saturated rings. The van der Waals surface area contributed by atoms with Crippen LogP contribution in [0.5, 0.6) is 0 Å². The minimum Gasteiger partial charge on any atom is -0.480 e. The van der Waals surface area contributed by atoms with Gasteiger partial charge in [0, 0.05) is 18.7 Å². The van der Waals surface area contributed by atoms with Crippen LogP contribution in [0.4, 0.5) is 13.2 Å². The first kappa shape index (κ1) is 24.2. The number of rotatable bonds is 7. The molecule has 5 N–H and O–H groups in total. The van der Waals surface area contributed by atoms with Crippen LogP contribution >= 0.6 is 11.8 Å². The zero-order valence-electron chi connectivity index (χ0n) is 15.2. The number of aliphatic carboxylic acids is 1. The van der Waals surface area contributed by atoms with Crippen LogP contribution in [0.2, 0.25) is 0 Å². The van der Waals surface area contributed by atoms with Gasteiger partial charge in [-0.25, -0.2) is 4.79 Å². The highest BCUT2D eigenvalue weighted by atomic mass is 32.2. The second-order valence-corrected chi connectivity index (χ2v) is 8.08. The van der Waals surface area contributed by atoms with E-state index in [-0.39, 0.29) is 11.8 Å². The second kappa shape index (κ2) is 8.25. The molecule has 0 aliphatic carbocycles. The Morgan fingerprint density at radius 3 is 2.25 bits per heavy atom. The van der Waals surface area contributed by atoms with E-state index in [1.54, 1.807) is 0 Å². The number of carboxylic acids is 1. The lowest BCUT2D eigenvalue weighted by Crippen LogP contribution is -2.57. The van der Waals surface area contributed by atoms with E-state index in [1.165, 1.54) is 13.8 Å². The number of halogens is 3. The maximum Gasteiger partial charge on any atom is 0.427 e. The Hall–Kier alpha value is -1.86. The number of alkyl halides is 3. The van der Waals surface area contributed by atoms with Crippen molar-refractivity contribution in [2.24, 2.45) is 5.92 Å². The molecule has 0 aromatic carbocycles. The van der Waals surface area contributed by atoms with Crippen molar-refractivity contribution < 1.29 is 47.7 Å². The predicted octanol–water partition coefficient (Wildman–Crippen LogP) is -0.595. The van der Waals surface area contributed by atoms with Gasteiger partial charge in [0.2, 0.25) is 5.91 Å². The summed E-state index contributed by atoms with van der Waals surface area (Å²) in [5, 5.41) is 31.6. The highest BCUT2D eigenvalue weighted by Crippen LogP contribution is 2.45. The first-order valence-electron chi connectivity index (χ1n) is 7.99. The Kier molecular flexibility index (Phi) is 7.12. The van der Waals surface area contributed by atoms with Gasteiger partial charge in [0.15, 0.2) is 5.12 Å². The van der Waals surface area contributed by atoms with Gasteiger partial charge in [-0.05, 0) is 20.3 Å². The predicted molar refractivity (Wildman–Crippen MR) is 90.0 cm³/mol. The first-order chi connectivity index (χ1) is 12.5. The average Bonchev–Trinajstić information content (AvgIpc) is 2.72. The Balaban J connectivity index is 3.15. The Morgan fingerprint density at radius 2 is 1.86 bits per heavy atom. The van der Waals surface area contributed by atoms with E-state index in [9.17, 15) is 42.6 Å². The standard InChI is InChI=1S/C15H21F3N2O7S/c1-6(21)19-8(10(22)23)5-28-11(24)9-7(4-13(2,3)26)20-12(25)14(9,27)15(16,17)18/h7-9,26-27H,4-5H2,1-3H3,(H,19,21)(H,20,25)(H,22,23)/t7?,8-,9?,14?/m0/s1. The van der Waals surface area contributed by atoms with Crippen molar-refractivity contribution in [1.29, 1.82) is 0 Å². The highest BCUT2D eigenvalue weighted by molar-refractivity contribution is 8.13. The van der Waals surface area contributed by atoms with Gasteiger partial charge >= 0.3 is 12.1 Å². The fourth-order valence-electron chi connectivity index (χ4n) is 2.82. The molecule has 0 saturated carbocycles. The molecule has 9 nitrogen and oxygen atoms in total. The number of thioether (sulfide) groups is 1. The summed E-state index contributed by atoms with van der Waals surface area (Å²) in [5.41, 5.74) is -5.60. The summed E-state index contributed by atoms with van der Waals surface area (Å²) < 4.78 is 40.3. The molecule has 0 aromatic rings. The van der Waals surface area contributed by atoms with Gasteiger partial charge in [-0.2, -0.15) is 13.2 Å². The molecular formula is C15H21F3N2O7S. The lowest BCUT2D eigenvalue weighted by molar-refractivity contribution is -0.258. The van der Waals surface area contributed by atoms with E-state index in [2.05, 4.69) is 0 Å². The van der Waals surface area contributed by atoms with Crippen molar-refractivity contribution in [3.8, 4) is 0 Å². The van der Waals surface area contributed by atoms with Crippen LogP contribution in [-0.4, -0.2) is 73.4 Å². The SMILES string of the molecule is CC(=O)N[C@@H](CSC(=O)C1C(CC(C)(C)O)NC(=O)C1(O)C(F)(F)F)C(=O)O. The minimum absolute atomic E-state index is 0.134. The molecule has 0 radical (unpaired) electrons. The molecule has 0 aromatic heterocycles. The molecule has 3 unspecified atom stereocenters. The van der Waals surface area contributed by atoms with Gasteiger partial charge in [0.25, 0.3) is 11.5 Å². The molecule has 1 aliphatic rings. The van der Waals surface area contributed by atoms with Gasteiger partial charge in [0.05, 0.1) is 11.5 Å². The second-order valence-electron chi connectivity index (χ2n) is 7.06. The van der Waals surface area contributed by atoms with Crippen LogP contribution in [0, 0.1) is 5.92 Å². The normalized spacial score (nSPS) is 26.5. The Labute approximate surface area is 162 Å². The third-order valence-corrected chi connectivity index (χ3v) is 5.03. The van der Waals surface area contributed by atoms with E-state index >= 15 is 0 Å². The highest BCUT2D eigenvalue weighted by Gasteiger charge is 2.71. The molecule has 1 aliphatic heterocycles. The summed E-state index contributed by atoms with van der Waals surface area (Å²) in [6.45, 7) is 3.51. The molecule has 2 amide bonds. The van der Waals surface area contributed by atoms with E-state index in [1.807, 2.05) is 10.6 Å². The van der Waals surface area contributed by atoms with Gasteiger partial charge in [-0.1, -0.05) is 11.8 Å². The van der Waals surface area contributed by atoms with Gasteiger partial charge < -0.3 is 26.0 Å². The van der Waals surface area contributed by atoms with Crippen LogP contribution in [0.1, 0.15) is 27.2 Å². The first-order valence-corrected chi connectivity index (χ1v) is 8.98. The monoisotopic (exact) mass is 430 g/mol. The number of carboxylic acid groups (broad SMARTS) is 1. The molecule has 1 saturated heterocycles. The minimum atomic E-state index is -5.49. The van der Waals surface area contributed by atoms with Crippen molar-refractivity contribution >= 4 is 34.7 Å². The molecule has 1 rings (SSSR count). The molecule has 0 spiro atoms. The summed E-state index contributed by atoms with van der Waals surface area (Å²) in [7, 11) is 0. The molecule has 160 valence electrons. The topological polar surface area (TPSA) is 153 Å². The van der Waals surface area contributed by atoms with Crippen molar-refractivity contribution in [2.45, 2.75) is 56.7 Å². The van der Waals surface area contributed by atoms with Crippen LogP contribution in [0.15, 0.2) is 0 Å². The molecule has 1 heterocycles. The van der Waals surface area contributed by atoms with E-state index in [0.29, 0.717) is 0 Å². The third kappa shape index (κ3) is 5.35. The average molecular weight is 430 g/mol. The zero-order chi connectivity index (χ0) is 22.1. The van der Waals surface area contributed by atoms with Crippen LogP contribution in [-0.2, 0) is 19.2 Å². The van der Waals surface area contributed by atoms with Crippen molar-refractivity contribution in [3.63, 3.8) is 0 Å². The number of carbonyl (C=O) groups excluding carboxylic acids is 3. The fraction of sp³-hybridized carbons (Fsp3) is 0.733. The molecule has 4 atom stereocenters. The quantitative estimate of drug-likeness (QED) is 0.359. The molecule has 0 bridgehead atoms. The lowest BCUT2D eigenvalue weighted by atomic mass is 9.82. The summed E-state index contributed by atoms with van der Waals surface area (Å²) in [6, 6.07) is -3.11. The van der Waals surface area contributed by atoms with E-state index < -0.39 is 70.5 Å². The Bertz CT molecular complexity index is 665. The Morgan fingerprint density at radius 1 is 1.32 bits per heavy atom. The van der Waals surface area contributed by atoms with Gasteiger partial charge in [-0.3, -0.25) is 14.4 Å². The van der Waals surface area contributed by atoms with Crippen LogP contribution < -0.4 is 10.6 Å². The van der Waals surface area contributed by atoms with Gasteiger partial charge in [-0.15, -0.1) is 0 Å². The van der Waals surface area contributed by atoms with Crippen molar-refractivity contribution in [3.05, 3.63) is 0 Å². The summed E-state index contributed by atoms with van der Waals surface area (Å²) in [5.74, 6) is -7.02. The molecule has 13 heteroatoms. The maximum atomic E-state index is 13.4. The summed E-state index contributed by atoms with van der Waals surface area (Å²) >= 11 is 0.134. The van der Waals surface area contributed by atoms with E-state index in [4.69, 9.17) is 5.11 Å². The molecular weight excluding hydrogens is 409 g/mol. The number of aliphatic hydroxyl groups is 2. The number of hydrogen-bond acceptors (Lipinski definition) is 7. The van der Waals surface area contributed by atoms with Crippen LogP contribution in [0.3, 0.4) is 0 Å². The number of hydrogen-bond donors (Lipinski definition) is 5. The fourth-order valence-corrected chi connectivity index (χ4v) is 3.89. The molecule has 28 heavy (non-hydrogen) atoms. The maximum absolute atomic E-state index is 13.4. The largest absolute Gasteiger partial charge is 0.480 e. The summed E-state index contributed by atoms with van der Waals surface area (Å²) in [4.78, 5) is 46.5. The number of nitrogens with one attached hydrogen (secondary N) is 2. The number of carbonyl (C=O) groups is 4. The zero-order valence-corrected chi connectivity index (χ0v) is 16.0. The smallest absolute Gasteiger partial charge is 0.427 e. The van der Waals surface area contributed by atoms with Gasteiger partial charge in [0.1, 0.15) is 6.04 Å².